The number of aliphatic hydroxyl groups excluding tert-OH is 9. The second-order valence-electron chi connectivity index (χ2n) is 32.6. The van der Waals surface area contributed by atoms with E-state index in [1.54, 1.807) is 41.5 Å². The Hall–Kier alpha value is 1.48. The van der Waals surface area contributed by atoms with E-state index in [9.17, 15) is 95.8 Å². The minimum absolute atomic E-state index is 0. The van der Waals surface area contributed by atoms with Gasteiger partial charge in [0.2, 0.25) is 0 Å². The molecule has 6 saturated carbocycles. The Labute approximate surface area is 696 Å². The van der Waals surface area contributed by atoms with E-state index in [2.05, 4.69) is 0 Å². The van der Waals surface area contributed by atoms with Crippen LogP contribution in [-0.2, 0) is 47.6 Å². The Morgan fingerprint density at radius 1 is 0.475 bits per heavy atom. The molecule has 9 aliphatic carbocycles. The Balaban J connectivity index is 0.000000226. The van der Waals surface area contributed by atoms with E-state index in [1.807, 2.05) is 41.5 Å². The van der Waals surface area contributed by atoms with Crippen molar-refractivity contribution < 1.29 is 256 Å². The van der Waals surface area contributed by atoms with Crippen LogP contribution >= 0.6 is 23.2 Å². The van der Waals surface area contributed by atoms with Gasteiger partial charge in [0.15, 0.2) is 5.78 Å². The molecule has 30 heteroatoms. The second kappa shape index (κ2) is 30.0. The summed E-state index contributed by atoms with van der Waals surface area (Å²) in [6.07, 6.45) is -17.5. The molecule has 12 aliphatic rings. The molecule has 25 nitrogen and oxygen atoms in total. The standard InChI is InChI=1S/C24H38O7.C22H34O9.C22H32O9.CH2Cl2.3Ac/c1-11-8-16-23(28,10-30-16)18-20(31-14(4)25)24(29)9-15(26)12(2)17(21(24,5)6)13(3)19(27)22(11,18)7;2*1-9-11(24)7-22(29)18(31-10(2)23)16-20(5,12(25)6-13-21(16,28)8-30-13)17(27)15(26)14(9)19(22,3)4;2-1-3;;;/h11,13,15-16,18-20,26-29H,8-10H2,1-7H3;11-13,15-18,24-29H,6-8H2,1-5H3;11-13,15-16,18,24-26,28-29H,6-8H2,1-5H3;1H2;;;/t11-,13+,15-,16+,18?,19+,20-,22+,23-,24+;11-,12-,13+,15+,16?,17+,18-,20+,21-,22+;11-,12-,13+,15+,16?,18-,20+,21-,22+;;;;/m000..../s1. The molecule has 3 saturated heterocycles. The minimum Gasteiger partial charge on any atom is -0.459 e. The van der Waals surface area contributed by atoms with Crippen LogP contribution < -0.4 is 0 Å². The van der Waals surface area contributed by atoms with Gasteiger partial charge in [0, 0.05) is 236 Å². The number of carbonyl (C=O) groups is 4. The summed E-state index contributed by atoms with van der Waals surface area (Å²) in [7, 11) is 0. The van der Waals surface area contributed by atoms with E-state index in [4.69, 9.17) is 51.6 Å². The van der Waals surface area contributed by atoms with Gasteiger partial charge in [-0.25, -0.2) is 0 Å². The maximum atomic E-state index is 13.8. The number of alkyl halides is 2. The van der Waals surface area contributed by atoms with E-state index in [-0.39, 0.29) is 212 Å². The van der Waals surface area contributed by atoms with Gasteiger partial charge in [-0.3, -0.25) is 19.2 Å². The number of hydrogen-bond donors (Lipinski definition) is 15. The molecule has 99 heavy (non-hydrogen) atoms. The van der Waals surface area contributed by atoms with Crippen LogP contribution in [0, 0.1) is 194 Å². The quantitative estimate of drug-likeness (QED) is 0.0817. The number of halogens is 2. The zero-order valence-electron chi connectivity index (χ0n) is 59.9. The molecule has 29 atom stereocenters. The molecule has 3 aliphatic heterocycles. The molecule has 555 valence electrons. The molecule has 0 amide bonds. The van der Waals surface area contributed by atoms with Crippen LogP contribution in [0.3, 0.4) is 0 Å². The first kappa shape index (κ1) is 89.4. The van der Waals surface area contributed by atoms with Crippen molar-refractivity contribution in [2.24, 2.45) is 62.1 Å². The number of aliphatic hydroxyl groups is 15. The average Bonchev–Trinajstić information content (AvgIpc) is 0.687. The Kier molecular flexibility index (Phi) is 27.0. The van der Waals surface area contributed by atoms with Gasteiger partial charge in [0.25, 0.3) is 0 Å². The van der Waals surface area contributed by atoms with Crippen LogP contribution in [0.25, 0.3) is 0 Å². The summed E-state index contributed by atoms with van der Waals surface area (Å²) in [6, 6.07) is 0. The summed E-state index contributed by atoms with van der Waals surface area (Å²) in [5.41, 5.74) is -15.0. The van der Waals surface area contributed by atoms with Gasteiger partial charge in [-0.1, -0.05) is 74.8 Å². The molecule has 0 spiro atoms. The zero-order valence-corrected chi connectivity index (χ0v) is 75.6. The number of carbonyl (C=O) groups excluding carboxylic acids is 4. The fraction of sp³-hybridized carbons (Fsp3) is 0.855. The van der Waals surface area contributed by atoms with E-state index < -0.39 is 199 Å². The van der Waals surface area contributed by atoms with E-state index in [1.165, 1.54) is 27.7 Å². The topological polar surface area (TPSA) is 427 Å². The average molecular weight is 2090 g/mol. The molecular formula is C69H106Ac3Cl2O25. The summed E-state index contributed by atoms with van der Waals surface area (Å²) in [6.45, 7) is 27.6. The van der Waals surface area contributed by atoms with Crippen molar-refractivity contribution in [2.75, 3.05) is 25.2 Å². The van der Waals surface area contributed by atoms with Crippen LogP contribution in [0.1, 0.15) is 156 Å². The van der Waals surface area contributed by atoms with Gasteiger partial charge in [0.1, 0.15) is 64.1 Å². The number of fused-ring (bicyclic) bond motifs is 15. The number of ketones is 1. The fourth-order valence-electron chi connectivity index (χ4n) is 21.3. The van der Waals surface area contributed by atoms with Crippen molar-refractivity contribution in [1.29, 1.82) is 0 Å². The van der Waals surface area contributed by atoms with Crippen LogP contribution in [-0.4, -0.2) is 251 Å². The smallest absolute Gasteiger partial charge is 0.303 e. The van der Waals surface area contributed by atoms with Crippen molar-refractivity contribution in [3.63, 3.8) is 0 Å². The Morgan fingerprint density at radius 2 is 0.788 bits per heavy atom. The SMILES string of the molecule is CC(=O)O[C@H]1C2[C@](C)([C@H](O)[C@H](C)C3=C(C)[C@@H](O)C[C@]1(O)C3(C)C)[C@@H](C)C[C@H]1OC[C@@]21O.CC(=O)O[C@H]1C2[C@](C)([C@H](O)[C@H](O)C3=C(C)[C@@H](O)C[C@]1(O)C3(C)C)[C@@H](O)C[C@H]1OC[C@@]21O.CC(=O)O[C@H]1C2[C@]3(O)CO[C@@H]3C[C@H](O)[C@@]2(C)C(=O)[C@H](O)C2=C(C)[C@@H](O)C[C@]1(O)C2(C)C.ClCCl.[Ac].[Ac].[Ac]. The largest absolute Gasteiger partial charge is 0.459 e. The van der Waals surface area contributed by atoms with Gasteiger partial charge in [0.05, 0.1) is 91.6 Å². The van der Waals surface area contributed by atoms with Crippen molar-refractivity contribution >= 4 is 46.9 Å². The molecule has 6 bridgehead atoms. The van der Waals surface area contributed by atoms with E-state index in [0.717, 1.165) is 18.1 Å². The summed E-state index contributed by atoms with van der Waals surface area (Å²) in [5, 5.41) is 172. The molecular weight excluding hydrogens is 1980 g/mol. The summed E-state index contributed by atoms with van der Waals surface area (Å²) >= 11 is 9.53. The molecule has 15 N–H and O–H groups in total. The molecule has 12 rings (SSSR count). The van der Waals surface area contributed by atoms with E-state index >= 15 is 0 Å². The molecule has 3 heterocycles. The zero-order chi connectivity index (χ0) is 72.6. The van der Waals surface area contributed by atoms with Gasteiger partial charge >= 0.3 is 17.9 Å². The number of esters is 3. The molecule has 0 aromatic carbocycles. The van der Waals surface area contributed by atoms with Crippen LogP contribution in [0.15, 0.2) is 33.4 Å². The normalized spacial score (nSPS) is 49.7. The van der Waals surface area contributed by atoms with Crippen LogP contribution in [0.5, 0.6) is 0 Å². The maximum absolute atomic E-state index is 13.8. The number of hydrogen-bond acceptors (Lipinski definition) is 25. The van der Waals surface area contributed by atoms with Crippen molar-refractivity contribution in [2.45, 2.75) is 281 Å². The molecule has 3 radical (unpaired) electrons. The maximum Gasteiger partial charge on any atom is 0.303 e. The predicted octanol–water partition coefficient (Wildman–Crippen LogP) is 1.21. The summed E-state index contributed by atoms with van der Waals surface area (Å²) < 4.78 is 33.8. The van der Waals surface area contributed by atoms with Crippen LogP contribution in [0.2, 0.25) is 0 Å². The Bertz CT molecular complexity index is 3070. The second-order valence-corrected chi connectivity index (χ2v) is 33.4. The van der Waals surface area contributed by atoms with E-state index in [0.29, 0.717) is 17.6 Å². The molecule has 0 aromatic heterocycles. The summed E-state index contributed by atoms with van der Waals surface area (Å²) in [4.78, 5) is 50.4. The predicted molar refractivity (Wildman–Crippen MR) is 341 cm³/mol. The monoisotopic (exact) mass is 2090 g/mol. The number of rotatable bonds is 3. The first-order valence-electron chi connectivity index (χ1n) is 33.5. The molecule has 3 unspecified atom stereocenters. The van der Waals surface area contributed by atoms with Gasteiger partial charge in [-0.2, -0.15) is 0 Å². The third kappa shape index (κ3) is 12.8. The first-order valence-corrected chi connectivity index (χ1v) is 34.5. The molecule has 0 aromatic rings. The van der Waals surface area contributed by atoms with Crippen molar-refractivity contribution in [1.82, 2.24) is 0 Å². The fourth-order valence-corrected chi connectivity index (χ4v) is 21.3. The van der Waals surface area contributed by atoms with Gasteiger partial charge in [-0.15, -0.1) is 23.2 Å². The summed E-state index contributed by atoms with van der Waals surface area (Å²) in [5.74, 6) is -6.42. The number of Topliss-reactive ketones (excluding diaryl/α,β-unsaturated/α-hetero) is 1. The molecule has 9 fully saturated rings. The third-order valence-corrected chi connectivity index (χ3v) is 27.3. The minimum atomic E-state index is -1.95. The van der Waals surface area contributed by atoms with Crippen LogP contribution in [0.4, 0.5) is 0 Å². The van der Waals surface area contributed by atoms with Crippen molar-refractivity contribution in [3.05, 3.63) is 33.4 Å². The van der Waals surface area contributed by atoms with Crippen molar-refractivity contribution in [3.8, 4) is 0 Å². The number of ether oxygens (including phenoxy) is 6. The van der Waals surface area contributed by atoms with Gasteiger partial charge < -0.3 is 105 Å². The third-order valence-electron chi connectivity index (χ3n) is 27.3. The Morgan fingerprint density at radius 3 is 1.16 bits per heavy atom. The van der Waals surface area contributed by atoms with Gasteiger partial charge in [-0.05, 0) is 67.9 Å². The first-order chi connectivity index (χ1) is 43.8.